The fraction of sp³-hybridized carbons (Fsp3) is 0.118. The number of aromatic nitrogens is 1. The van der Waals surface area contributed by atoms with Gasteiger partial charge in [0.2, 0.25) is 0 Å². The van der Waals surface area contributed by atoms with Gasteiger partial charge in [0.05, 0.1) is 10.5 Å². The summed E-state index contributed by atoms with van der Waals surface area (Å²) in [5.41, 5.74) is 4.01. The minimum absolute atomic E-state index is 0.670. The average Bonchev–Trinajstić information content (AvgIpc) is 2.78. The SMILES string of the molecule is Cc1cccc(Cn2cc(C=O)c3cccc(Cl)c32)c1. The zero-order valence-corrected chi connectivity index (χ0v) is 11.9. The zero-order valence-electron chi connectivity index (χ0n) is 11.1. The number of hydrogen-bond donors (Lipinski definition) is 0. The second-order valence-corrected chi connectivity index (χ2v) is 5.36. The lowest BCUT2D eigenvalue weighted by Crippen LogP contribution is -1.98. The minimum atomic E-state index is 0.670. The predicted octanol–water partition coefficient (Wildman–Crippen LogP) is 4.46. The Morgan fingerprint density at radius 2 is 2.00 bits per heavy atom. The molecule has 1 aromatic heterocycles. The second kappa shape index (κ2) is 5.14. The van der Waals surface area contributed by atoms with E-state index in [1.165, 1.54) is 11.1 Å². The fourth-order valence-electron chi connectivity index (χ4n) is 2.57. The second-order valence-electron chi connectivity index (χ2n) is 4.96. The Morgan fingerprint density at radius 1 is 1.20 bits per heavy atom. The summed E-state index contributed by atoms with van der Waals surface area (Å²) in [5, 5.41) is 1.57. The number of halogens is 1. The number of rotatable bonds is 3. The van der Waals surface area contributed by atoms with E-state index in [4.69, 9.17) is 11.6 Å². The maximum atomic E-state index is 11.2. The summed E-state index contributed by atoms with van der Waals surface area (Å²) >= 11 is 6.29. The summed E-state index contributed by atoms with van der Waals surface area (Å²) in [6, 6.07) is 14.0. The van der Waals surface area contributed by atoms with Crippen LogP contribution in [0.1, 0.15) is 21.5 Å². The first-order valence-electron chi connectivity index (χ1n) is 6.47. The van der Waals surface area contributed by atoms with Gasteiger partial charge in [0.1, 0.15) is 0 Å². The number of fused-ring (bicyclic) bond motifs is 1. The van der Waals surface area contributed by atoms with Crippen LogP contribution in [0.25, 0.3) is 10.9 Å². The molecule has 0 aliphatic carbocycles. The zero-order chi connectivity index (χ0) is 14.1. The van der Waals surface area contributed by atoms with Gasteiger partial charge < -0.3 is 4.57 Å². The molecule has 0 fully saturated rings. The molecular formula is C17H14ClNO. The van der Waals surface area contributed by atoms with Gasteiger partial charge in [-0.3, -0.25) is 4.79 Å². The molecule has 0 saturated heterocycles. The fourth-order valence-corrected chi connectivity index (χ4v) is 2.85. The van der Waals surface area contributed by atoms with Crippen molar-refractivity contribution >= 4 is 28.8 Å². The van der Waals surface area contributed by atoms with Crippen molar-refractivity contribution in [3.8, 4) is 0 Å². The van der Waals surface area contributed by atoms with Gasteiger partial charge >= 0.3 is 0 Å². The molecule has 0 aliphatic rings. The molecule has 2 aromatic carbocycles. The van der Waals surface area contributed by atoms with Gasteiger partial charge in [-0.1, -0.05) is 53.6 Å². The lowest BCUT2D eigenvalue weighted by Gasteiger charge is -2.07. The number of benzene rings is 2. The third-order valence-electron chi connectivity index (χ3n) is 3.44. The van der Waals surface area contributed by atoms with Gasteiger partial charge in [-0.15, -0.1) is 0 Å². The quantitative estimate of drug-likeness (QED) is 0.650. The van der Waals surface area contributed by atoms with Gasteiger partial charge in [-0.05, 0) is 18.6 Å². The summed E-state index contributed by atoms with van der Waals surface area (Å²) < 4.78 is 2.04. The van der Waals surface area contributed by atoms with Crippen LogP contribution in [0, 0.1) is 6.92 Å². The van der Waals surface area contributed by atoms with E-state index in [0.717, 1.165) is 17.2 Å². The molecule has 0 bridgehead atoms. The summed E-state index contributed by atoms with van der Waals surface area (Å²) in [4.78, 5) is 11.2. The molecule has 0 amide bonds. The van der Waals surface area contributed by atoms with Gasteiger partial charge in [-0.2, -0.15) is 0 Å². The van der Waals surface area contributed by atoms with Gasteiger partial charge in [0.15, 0.2) is 6.29 Å². The first kappa shape index (κ1) is 12.9. The van der Waals surface area contributed by atoms with Gasteiger partial charge in [-0.25, -0.2) is 0 Å². The summed E-state index contributed by atoms with van der Waals surface area (Å²) in [5.74, 6) is 0. The highest BCUT2D eigenvalue weighted by molar-refractivity contribution is 6.35. The smallest absolute Gasteiger partial charge is 0.152 e. The standard InChI is InChI=1S/C17H14ClNO/c1-12-4-2-5-13(8-12)9-19-10-14(11-20)15-6-3-7-16(18)17(15)19/h2-8,10-11H,9H2,1H3. The monoisotopic (exact) mass is 283 g/mol. The number of para-hydroxylation sites is 1. The normalized spacial score (nSPS) is 10.9. The molecule has 0 spiro atoms. The largest absolute Gasteiger partial charge is 0.341 e. The summed E-state index contributed by atoms with van der Waals surface area (Å²) in [6.45, 7) is 2.77. The Labute approximate surface area is 122 Å². The van der Waals surface area contributed by atoms with Crippen LogP contribution in [0.3, 0.4) is 0 Å². The third-order valence-corrected chi connectivity index (χ3v) is 3.75. The minimum Gasteiger partial charge on any atom is -0.341 e. The number of carbonyl (C=O) groups is 1. The number of hydrogen-bond acceptors (Lipinski definition) is 1. The molecule has 3 heteroatoms. The molecule has 3 aromatic rings. The molecule has 20 heavy (non-hydrogen) atoms. The number of aldehydes is 1. The van der Waals surface area contributed by atoms with Crippen molar-refractivity contribution in [2.45, 2.75) is 13.5 Å². The van der Waals surface area contributed by atoms with Crippen LogP contribution < -0.4 is 0 Å². The van der Waals surface area contributed by atoms with Gasteiger partial charge in [0, 0.05) is 23.7 Å². The van der Waals surface area contributed by atoms with Crippen molar-refractivity contribution in [2.75, 3.05) is 0 Å². The lowest BCUT2D eigenvalue weighted by molar-refractivity contribution is 0.112. The molecule has 2 nitrogen and oxygen atoms in total. The van der Waals surface area contributed by atoms with Gasteiger partial charge in [0.25, 0.3) is 0 Å². The van der Waals surface area contributed by atoms with Crippen molar-refractivity contribution in [1.82, 2.24) is 4.57 Å². The van der Waals surface area contributed by atoms with Crippen LogP contribution in [0.4, 0.5) is 0 Å². The van der Waals surface area contributed by atoms with Crippen LogP contribution in [-0.4, -0.2) is 10.9 Å². The van der Waals surface area contributed by atoms with E-state index in [1.807, 2.05) is 35.0 Å². The van der Waals surface area contributed by atoms with Crippen molar-refractivity contribution < 1.29 is 4.79 Å². The topological polar surface area (TPSA) is 22.0 Å². The molecule has 0 atom stereocenters. The number of nitrogens with zero attached hydrogens (tertiary/aromatic N) is 1. The van der Waals surface area contributed by atoms with E-state index in [1.54, 1.807) is 0 Å². The molecule has 0 aliphatic heterocycles. The highest BCUT2D eigenvalue weighted by atomic mass is 35.5. The Morgan fingerprint density at radius 3 is 2.75 bits per heavy atom. The van der Waals surface area contributed by atoms with Crippen LogP contribution in [0.15, 0.2) is 48.7 Å². The van der Waals surface area contributed by atoms with E-state index in [0.29, 0.717) is 17.1 Å². The number of carbonyl (C=O) groups excluding carboxylic acids is 1. The van der Waals surface area contributed by atoms with E-state index in [2.05, 4.69) is 25.1 Å². The maximum Gasteiger partial charge on any atom is 0.152 e. The third kappa shape index (κ3) is 2.23. The molecule has 0 radical (unpaired) electrons. The molecule has 1 heterocycles. The van der Waals surface area contributed by atoms with E-state index >= 15 is 0 Å². The first-order chi connectivity index (χ1) is 9.69. The van der Waals surface area contributed by atoms with Crippen LogP contribution >= 0.6 is 11.6 Å². The van der Waals surface area contributed by atoms with Crippen molar-refractivity contribution in [3.63, 3.8) is 0 Å². The maximum absolute atomic E-state index is 11.2. The molecule has 0 saturated carbocycles. The molecule has 0 N–H and O–H groups in total. The Kier molecular flexibility index (Phi) is 3.33. The van der Waals surface area contributed by atoms with Crippen molar-refractivity contribution in [1.29, 1.82) is 0 Å². The lowest BCUT2D eigenvalue weighted by atomic mass is 10.1. The molecule has 100 valence electrons. The van der Waals surface area contributed by atoms with E-state index in [-0.39, 0.29) is 0 Å². The summed E-state index contributed by atoms with van der Waals surface area (Å²) in [7, 11) is 0. The van der Waals surface area contributed by atoms with E-state index < -0.39 is 0 Å². The average molecular weight is 284 g/mol. The molecule has 3 rings (SSSR count). The first-order valence-corrected chi connectivity index (χ1v) is 6.85. The van der Waals surface area contributed by atoms with Crippen molar-refractivity contribution in [3.05, 3.63) is 70.4 Å². The van der Waals surface area contributed by atoms with Crippen LogP contribution in [-0.2, 0) is 6.54 Å². The van der Waals surface area contributed by atoms with E-state index in [9.17, 15) is 4.79 Å². The Balaban J connectivity index is 2.14. The molecule has 0 unspecified atom stereocenters. The molecular weight excluding hydrogens is 270 g/mol. The Hall–Kier alpha value is -2.06. The highest BCUT2D eigenvalue weighted by Gasteiger charge is 2.11. The summed E-state index contributed by atoms with van der Waals surface area (Å²) in [6.07, 6.45) is 2.75. The number of aryl methyl sites for hydroxylation is 1. The Bertz CT molecular complexity index is 789. The predicted molar refractivity (Wildman–Crippen MR) is 82.6 cm³/mol. The van der Waals surface area contributed by atoms with Crippen LogP contribution in [0.2, 0.25) is 5.02 Å². The van der Waals surface area contributed by atoms with Crippen molar-refractivity contribution in [2.24, 2.45) is 0 Å². The highest BCUT2D eigenvalue weighted by Crippen LogP contribution is 2.28. The van der Waals surface area contributed by atoms with Crippen LogP contribution in [0.5, 0.6) is 0 Å².